The summed E-state index contributed by atoms with van der Waals surface area (Å²) in [6, 6.07) is 8.15. The summed E-state index contributed by atoms with van der Waals surface area (Å²) in [6.45, 7) is 7.69. The van der Waals surface area contributed by atoms with Crippen LogP contribution in [0.1, 0.15) is 32.8 Å². The summed E-state index contributed by atoms with van der Waals surface area (Å²) >= 11 is 0. The minimum absolute atomic E-state index is 0.210. The van der Waals surface area contributed by atoms with Gasteiger partial charge in [-0.15, -0.1) is 11.8 Å². The molecule has 0 atom stereocenters. The highest BCUT2D eigenvalue weighted by Gasteiger charge is 2.03. The van der Waals surface area contributed by atoms with Crippen molar-refractivity contribution in [2.45, 2.75) is 39.8 Å². The zero-order valence-electron chi connectivity index (χ0n) is 10.9. The molecule has 0 heterocycles. The third-order valence-corrected chi connectivity index (χ3v) is 2.25. The Morgan fingerprint density at radius 3 is 2.76 bits per heavy atom. The van der Waals surface area contributed by atoms with Crippen LogP contribution in [0.3, 0.4) is 0 Å². The minimum atomic E-state index is 0.210. The summed E-state index contributed by atoms with van der Waals surface area (Å²) in [7, 11) is 0. The van der Waals surface area contributed by atoms with Gasteiger partial charge in [0, 0.05) is 25.1 Å². The molecule has 1 rings (SSSR count). The van der Waals surface area contributed by atoms with Crippen molar-refractivity contribution in [1.82, 2.24) is 5.32 Å². The molecule has 92 valence electrons. The van der Waals surface area contributed by atoms with Gasteiger partial charge < -0.3 is 10.1 Å². The zero-order chi connectivity index (χ0) is 12.5. The van der Waals surface area contributed by atoms with Crippen molar-refractivity contribution in [3.05, 3.63) is 29.8 Å². The highest BCUT2D eigenvalue weighted by molar-refractivity contribution is 5.33. The van der Waals surface area contributed by atoms with Gasteiger partial charge in [0.1, 0.15) is 5.75 Å². The third kappa shape index (κ3) is 5.42. The van der Waals surface area contributed by atoms with E-state index in [1.807, 2.05) is 39.0 Å². The van der Waals surface area contributed by atoms with Crippen LogP contribution in [0.5, 0.6) is 5.75 Å². The molecule has 0 amide bonds. The fourth-order valence-electron chi connectivity index (χ4n) is 1.52. The van der Waals surface area contributed by atoms with E-state index in [1.54, 1.807) is 0 Å². The first-order chi connectivity index (χ1) is 8.24. The molecular formula is C15H21NO. The van der Waals surface area contributed by atoms with Gasteiger partial charge in [-0.25, -0.2) is 0 Å². The topological polar surface area (TPSA) is 21.3 Å². The molecule has 0 radical (unpaired) electrons. The van der Waals surface area contributed by atoms with Crippen molar-refractivity contribution >= 4 is 0 Å². The van der Waals surface area contributed by atoms with E-state index in [9.17, 15) is 0 Å². The van der Waals surface area contributed by atoms with Gasteiger partial charge in [-0.2, -0.15) is 0 Å². The normalized spacial score (nSPS) is 9.88. The number of hydrogen-bond donors (Lipinski definition) is 1. The summed E-state index contributed by atoms with van der Waals surface area (Å²) in [4.78, 5) is 0. The standard InChI is InChI=1S/C15H21NO/c1-4-5-8-11-16-12-14-9-6-7-10-15(14)17-13(2)3/h6-7,9-10,13,16H,8,11-12H2,1-3H3. The fourth-order valence-corrected chi connectivity index (χ4v) is 1.52. The highest BCUT2D eigenvalue weighted by Crippen LogP contribution is 2.18. The van der Waals surface area contributed by atoms with Crippen molar-refractivity contribution < 1.29 is 4.74 Å². The van der Waals surface area contributed by atoms with Gasteiger partial charge in [-0.1, -0.05) is 18.2 Å². The largest absolute Gasteiger partial charge is 0.491 e. The summed E-state index contributed by atoms with van der Waals surface area (Å²) in [6.07, 6.45) is 1.10. The number of ether oxygens (including phenoxy) is 1. The van der Waals surface area contributed by atoms with Crippen LogP contribution in [0.15, 0.2) is 24.3 Å². The van der Waals surface area contributed by atoms with Gasteiger partial charge in [0.15, 0.2) is 0 Å². The molecule has 0 unspecified atom stereocenters. The smallest absolute Gasteiger partial charge is 0.124 e. The molecule has 2 nitrogen and oxygen atoms in total. The summed E-state index contributed by atoms with van der Waals surface area (Å²) in [5.41, 5.74) is 1.20. The quantitative estimate of drug-likeness (QED) is 0.600. The first-order valence-electron chi connectivity index (χ1n) is 6.09. The molecular weight excluding hydrogens is 210 g/mol. The lowest BCUT2D eigenvalue weighted by atomic mass is 10.2. The van der Waals surface area contributed by atoms with Crippen LogP contribution in [0.2, 0.25) is 0 Å². The molecule has 0 saturated carbocycles. The molecule has 17 heavy (non-hydrogen) atoms. The van der Waals surface area contributed by atoms with E-state index >= 15 is 0 Å². The van der Waals surface area contributed by atoms with E-state index < -0.39 is 0 Å². The first kappa shape index (κ1) is 13.6. The Balaban J connectivity index is 2.48. The Morgan fingerprint density at radius 2 is 2.06 bits per heavy atom. The van der Waals surface area contributed by atoms with E-state index in [1.165, 1.54) is 5.56 Å². The molecule has 0 aliphatic rings. The van der Waals surface area contributed by atoms with Crippen LogP contribution in [0, 0.1) is 11.8 Å². The molecule has 0 saturated heterocycles. The molecule has 1 aromatic rings. The maximum Gasteiger partial charge on any atom is 0.124 e. The minimum Gasteiger partial charge on any atom is -0.491 e. The molecule has 0 fully saturated rings. The van der Waals surface area contributed by atoms with Gasteiger partial charge in [-0.05, 0) is 26.8 Å². The summed E-state index contributed by atoms with van der Waals surface area (Å²) < 4.78 is 5.76. The molecule has 0 aromatic heterocycles. The number of rotatable bonds is 6. The van der Waals surface area contributed by atoms with E-state index in [0.29, 0.717) is 0 Å². The SMILES string of the molecule is CC#CCCNCc1ccccc1OC(C)C. The van der Waals surface area contributed by atoms with Crippen LogP contribution >= 0.6 is 0 Å². The van der Waals surface area contributed by atoms with Crippen molar-refractivity contribution in [2.75, 3.05) is 6.54 Å². The van der Waals surface area contributed by atoms with Crippen LogP contribution in [-0.4, -0.2) is 12.6 Å². The third-order valence-electron chi connectivity index (χ3n) is 2.25. The van der Waals surface area contributed by atoms with Gasteiger partial charge in [0.05, 0.1) is 6.10 Å². The maximum atomic E-state index is 5.76. The van der Waals surface area contributed by atoms with Crippen molar-refractivity contribution in [3.63, 3.8) is 0 Å². The second kappa shape index (κ2) is 7.76. The average Bonchev–Trinajstić information content (AvgIpc) is 2.30. The molecule has 1 aromatic carbocycles. The molecule has 0 bridgehead atoms. The Labute approximate surface area is 104 Å². The van der Waals surface area contributed by atoms with Crippen LogP contribution in [0.4, 0.5) is 0 Å². The molecule has 0 aliphatic heterocycles. The molecule has 1 N–H and O–H groups in total. The first-order valence-corrected chi connectivity index (χ1v) is 6.09. The number of para-hydroxylation sites is 1. The summed E-state index contributed by atoms with van der Waals surface area (Å²) in [5.74, 6) is 6.90. The van der Waals surface area contributed by atoms with Crippen LogP contribution < -0.4 is 10.1 Å². The lowest BCUT2D eigenvalue weighted by Crippen LogP contribution is -2.16. The Hall–Kier alpha value is -1.46. The fraction of sp³-hybridized carbons (Fsp3) is 0.467. The maximum absolute atomic E-state index is 5.76. The zero-order valence-corrected chi connectivity index (χ0v) is 10.9. The number of hydrogen-bond acceptors (Lipinski definition) is 2. The summed E-state index contributed by atoms with van der Waals surface area (Å²) in [5, 5.41) is 3.37. The van der Waals surface area contributed by atoms with Gasteiger partial charge >= 0.3 is 0 Å². The van der Waals surface area contributed by atoms with E-state index in [0.717, 1.165) is 25.3 Å². The van der Waals surface area contributed by atoms with E-state index in [2.05, 4.69) is 23.2 Å². The van der Waals surface area contributed by atoms with Crippen LogP contribution in [0.25, 0.3) is 0 Å². The number of nitrogens with one attached hydrogen (secondary N) is 1. The van der Waals surface area contributed by atoms with Crippen LogP contribution in [-0.2, 0) is 6.54 Å². The van der Waals surface area contributed by atoms with Crippen molar-refractivity contribution in [1.29, 1.82) is 0 Å². The predicted octanol–water partition coefficient (Wildman–Crippen LogP) is 2.98. The van der Waals surface area contributed by atoms with E-state index in [-0.39, 0.29) is 6.10 Å². The van der Waals surface area contributed by atoms with Crippen molar-refractivity contribution in [2.24, 2.45) is 0 Å². The lowest BCUT2D eigenvalue weighted by molar-refractivity contribution is 0.239. The second-order valence-electron chi connectivity index (χ2n) is 4.13. The molecule has 0 aliphatic carbocycles. The predicted molar refractivity (Wildman–Crippen MR) is 72.0 cm³/mol. The molecule has 0 spiro atoms. The van der Waals surface area contributed by atoms with Crippen molar-refractivity contribution in [3.8, 4) is 17.6 Å². The Bertz CT molecular complexity index is 387. The van der Waals surface area contributed by atoms with Gasteiger partial charge in [-0.3, -0.25) is 0 Å². The second-order valence-corrected chi connectivity index (χ2v) is 4.13. The average molecular weight is 231 g/mol. The lowest BCUT2D eigenvalue weighted by Gasteiger charge is -2.14. The van der Waals surface area contributed by atoms with E-state index in [4.69, 9.17) is 4.74 Å². The highest BCUT2D eigenvalue weighted by atomic mass is 16.5. The van der Waals surface area contributed by atoms with Gasteiger partial charge in [0.25, 0.3) is 0 Å². The molecule has 2 heteroatoms. The Morgan fingerprint density at radius 1 is 1.29 bits per heavy atom. The van der Waals surface area contributed by atoms with Gasteiger partial charge in [0.2, 0.25) is 0 Å². The monoisotopic (exact) mass is 231 g/mol. The number of benzene rings is 1. The Kier molecular flexibility index (Phi) is 6.21.